The summed E-state index contributed by atoms with van der Waals surface area (Å²) < 4.78 is 23.1. The second-order valence-electron chi connectivity index (χ2n) is 8.31. The summed E-state index contributed by atoms with van der Waals surface area (Å²) in [5.74, 6) is -1.83. The number of rotatable bonds is 6. The molecule has 2 fully saturated rings. The van der Waals surface area contributed by atoms with E-state index in [2.05, 4.69) is 4.98 Å². The van der Waals surface area contributed by atoms with E-state index < -0.39 is 48.1 Å². The number of ether oxygens (including phenoxy) is 4. The minimum atomic E-state index is -1.24. The van der Waals surface area contributed by atoms with Crippen LogP contribution in [0.3, 0.4) is 0 Å². The van der Waals surface area contributed by atoms with Gasteiger partial charge in [0.15, 0.2) is 24.3 Å². The third kappa shape index (κ3) is 4.79. The number of aromatic nitrogens is 2. The van der Waals surface area contributed by atoms with E-state index in [-0.39, 0.29) is 12.4 Å². The molecular formula is C23H21N3O9. The Bertz CT molecular complexity index is 1240. The summed E-state index contributed by atoms with van der Waals surface area (Å²) in [6.45, 7) is -0.339. The SMILES string of the molecule is O=C1/C=C\C(=O)O[C@H]2C(O1)[C@@H](COC(=O)c1ccc(C3CC3)cc1)O[C@H]2n1ccc(NO)nc1=O. The molecular weight excluding hydrogens is 462 g/mol. The van der Waals surface area contributed by atoms with E-state index in [1.807, 2.05) is 12.1 Å². The van der Waals surface area contributed by atoms with Crippen LogP contribution in [-0.4, -0.2) is 57.6 Å². The Kier molecular flexibility index (Phi) is 6.05. The summed E-state index contributed by atoms with van der Waals surface area (Å²) in [4.78, 5) is 52.9. The van der Waals surface area contributed by atoms with E-state index in [1.165, 1.54) is 17.8 Å². The van der Waals surface area contributed by atoms with Crippen molar-refractivity contribution in [3.63, 3.8) is 0 Å². The number of carbonyl (C=O) groups excluding carboxylic acids is 3. The van der Waals surface area contributed by atoms with E-state index in [0.29, 0.717) is 11.5 Å². The average molecular weight is 483 g/mol. The van der Waals surface area contributed by atoms with Crippen LogP contribution in [0.2, 0.25) is 0 Å². The van der Waals surface area contributed by atoms with Gasteiger partial charge in [-0.25, -0.2) is 19.2 Å². The smallest absolute Gasteiger partial charge is 0.351 e. The first-order valence-electron chi connectivity index (χ1n) is 10.9. The van der Waals surface area contributed by atoms with Crippen LogP contribution in [0, 0.1) is 0 Å². The van der Waals surface area contributed by atoms with Crippen LogP contribution in [0.4, 0.5) is 5.82 Å². The predicted octanol–water partition coefficient (Wildman–Crippen LogP) is 1.07. The van der Waals surface area contributed by atoms with Gasteiger partial charge in [-0.05, 0) is 42.5 Å². The van der Waals surface area contributed by atoms with Crippen molar-refractivity contribution in [3.05, 3.63) is 70.3 Å². The number of esters is 3. The Morgan fingerprint density at radius 3 is 2.37 bits per heavy atom. The average Bonchev–Trinajstić information content (AvgIpc) is 3.66. The van der Waals surface area contributed by atoms with Crippen molar-refractivity contribution in [2.45, 2.75) is 43.3 Å². The summed E-state index contributed by atoms with van der Waals surface area (Å²) in [5.41, 5.74) is 2.44. The number of hydrogen-bond acceptors (Lipinski definition) is 11. The van der Waals surface area contributed by atoms with Crippen molar-refractivity contribution in [2.75, 3.05) is 12.1 Å². The molecule has 3 aliphatic rings. The van der Waals surface area contributed by atoms with Gasteiger partial charge in [0.25, 0.3) is 0 Å². The van der Waals surface area contributed by atoms with Crippen LogP contribution in [-0.2, 0) is 28.5 Å². The minimum absolute atomic E-state index is 0.108. The Balaban J connectivity index is 1.36. The maximum atomic E-state index is 12.6. The fraction of sp³-hybridized carbons (Fsp3) is 0.348. The zero-order valence-electron chi connectivity index (χ0n) is 18.2. The Hall–Kier alpha value is -4.03. The summed E-state index contributed by atoms with van der Waals surface area (Å²) >= 11 is 0. The molecule has 0 amide bonds. The summed E-state index contributed by atoms with van der Waals surface area (Å²) in [6, 6.07) is 8.43. The van der Waals surface area contributed by atoms with Crippen LogP contribution < -0.4 is 11.2 Å². The molecule has 1 saturated heterocycles. The van der Waals surface area contributed by atoms with Gasteiger partial charge in [0, 0.05) is 18.3 Å². The topological polar surface area (TPSA) is 155 Å². The molecule has 1 aromatic heterocycles. The number of anilines is 1. The first-order chi connectivity index (χ1) is 16.9. The zero-order chi connectivity index (χ0) is 24.5. The number of fused-ring (bicyclic) bond motifs is 1. The highest BCUT2D eigenvalue weighted by molar-refractivity contribution is 5.92. The van der Waals surface area contributed by atoms with E-state index in [9.17, 15) is 19.2 Å². The number of carbonyl (C=O) groups is 3. The molecule has 1 aliphatic carbocycles. The molecule has 0 bridgehead atoms. The van der Waals surface area contributed by atoms with Crippen LogP contribution in [0.5, 0.6) is 0 Å². The molecule has 5 rings (SSSR count). The Morgan fingerprint density at radius 2 is 1.74 bits per heavy atom. The third-order valence-corrected chi connectivity index (χ3v) is 5.94. The molecule has 12 heteroatoms. The molecule has 2 N–H and O–H groups in total. The summed E-state index contributed by atoms with van der Waals surface area (Å²) in [6.07, 6.45) is 0.656. The molecule has 2 aliphatic heterocycles. The van der Waals surface area contributed by atoms with Crippen LogP contribution in [0.1, 0.15) is 40.9 Å². The third-order valence-electron chi connectivity index (χ3n) is 5.94. The van der Waals surface area contributed by atoms with Crippen molar-refractivity contribution in [1.82, 2.24) is 9.55 Å². The van der Waals surface area contributed by atoms with Crippen LogP contribution >= 0.6 is 0 Å². The molecule has 0 radical (unpaired) electrons. The first kappa shape index (κ1) is 22.7. The van der Waals surface area contributed by atoms with Crippen molar-refractivity contribution in [2.24, 2.45) is 0 Å². The minimum Gasteiger partial charge on any atom is -0.459 e. The molecule has 1 unspecified atom stereocenters. The monoisotopic (exact) mass is 483 g/mol. The normalized spacial score (nSPS) is 26.5. The predicted molar refractivity (Wildman–Crippen MR) is 115 cm³/mol. The highest BCUT2D eigenvalue weighted by Gasteiger charge is 2.51. The molecule has 1 aromatic carbocycles. The van der Waals surface area contributed by atoms with E-state index in [1.54, 1.807) is 17.6 Å². The highest BCUT2D eigenvalue weighted by Crippen LogP contribution is 2.40. The zero-order valence-corrected chi connectivity index (χ0v) is 18.2. The fourth-order valence-corrected chi connectivity index (χ4v) is 4.03. The standard InChI is InChI=1S/C23H21N3O9/c27-17-7-8-18(28)35-20-19(34-17)15(33-21(20)26-10-9-16(25-31)24-23(26)30)11-32-22(29)14-5-3-13(4-6-14)12-1-2-12/h3-10,12,15,19-21,31H,1-2,11H2,(H,24,25,30)/b8-7-/t15-,19?,20+,21-/m1/s1. The van der Waals surface area contributed by atoms with Gasteiger partial charge in [0.2, 0.25) is 0 Å². The lowest BCUT2D eigenvalue weighted by atomic mass is 10.1. The van der Waals surface area contributed by atoms with Gasteiger partial charge in [0.05, 0.1) is 5.56 Å². The van der Waals surface area contributed by atoms with Crippen molar-refractivity contribution < 1.29 is 38.5 Å². The maximum Gasteiger partial charge on any atom is 0.351 e. The van der Waals surface area contributed by atoms with E-state index >= 15 is 0 Å². The van der Waals surface area contributed by atoms with Crippen LogP contribution in [0.25, 0.3) is 0 Å². The number of nitrogens with zero attached hydrogens (tertiary/aromatic N) is 2. The molecule has 0 spiro atoms. The van der Waals surface area contributed by atoms with Crippen molar-refractivity contribution in [1.29, 1.82) is 0 Å². The van der Waals surface area contributed by atoms with Gasteiger partial charge in [-0.2, -0.15) is 4.98 Å². The molecule has 1 saturated carbocycles. The quantitative estimate of drug-likeness (QED) is 0.344. The molecule has 4 atom stereocenters. The lowest BCUT2D eigenvalue weighted by molar-refractivity contribution is -0.164. The Morgan fingerprint density at radius 1 is 1.06 bits per heavy atom. The van der Waals surface area contributed by atoms with Crippen LogP contribution in [0.15, 0.2) is 53.5 Å². The molecule has 35 heavy (non-hydrogen) atoms. The second-order valence-corrected chi connectivity index (χ2v) is 8.31. The van der Waals surface area contributed by atoms with Crippen molar-refractivity contribution in [3.8, 4) is 0 Å². The number of benzene rings is 1. The van der Waals surface area contributed by atoms with Gasteiger partial charge in [-0.15, -0.1) is 0 Å². The first-order valence-corrected chi connectivity index (χ1v) is 10.9. The van der Waals surface area contributed by atoms with Gasteiger partial charge in [-0.1, -0.05) is 12.1 Å². The Labute approximate surface area is 198 Å². The second kappa shape index (κ2) is 9.31. The molecule has 12 nitrogen and oxygen atoms in total. The maximum absolute atomic E-state index is 12.6. The molecule has 3 heterocycles. The summed E-state index contributed by atoms with van der Waals surface area (Å²) in [5, 5.41) is 8.97. The molecule has 2 aromatic rings. The van der Waals surface area contributed by atoms with Gasteiger partial charge >= 0.3 is 23.6 Å². The number of hydrogen-bond donors (Lipinski definition) is 2. The van der Waals surface area contributed by atoms with Crippen molar-refractivity contribution >= 4 is 23.7 Å². The fourth-order valence-electron chi connectivity index (χ4n) is 4.03. The molecule has 182 valence electrons. The van der Waals surface area contributed by atoms with E-state index in [0.717, 1.165) is 29.6 Å². The van der Waals surface area contributed by atoms with E-state index in [4.69, 9.17) is 24.2 Å². The highest BCUT2D eigenvalue weighted by atomic mass is 16.7. The largest absolute Gasteiger partial charge is 0.459 e. The van der Waals surface area contributed by atoms with Gasteiger partial charge in [-0.3, -0.25) is 15.3 Å². The number of nitrogens with one attached hydrogen (secondary N) is 1. The summed E-state index contributed by atoms with van der Waals surface area (Å²) in [7, 11) is 0. The lowest BCUT2D eigenvalue weighted by Gasteiger charge is -2.25. The lowest BCUT2D eigenvalue weighted by Crippen LogP contribution is -2.43. The van der Waals surface area contributed by atoms with Gasteiger partial charge in [0.1, 0.15) is 12.7 Å². The van der Waals surface area contributed by atoms with Gasteiger partial charge < -0.3 is 18.9 Å².